The van der Waals surface area contributed by atoms with Crippen LogP contribution < -0.4 is 10.5 Å². The van der Waals surface area contributed by atoms with E-state index in [1.807, 2.05) is 11.3 Å². The molecule has 0 amide bonds. The molecule has 1 fully saturated rings. The smallest absolute Gasteiger partial charge is 0.247 e. The second-order valence-corrected chi connectivity index (χ2v) is 8.41. The van der Waals surface area contributed by atoms with Gasteiger partial charge in [0.15, 0.2) is 5.82 Å². The zero-order valence-electron chi connectivity index (χ0n) is 15.6. The number of nitrogens with one attached hydrogen (secondary N) is 1. The van der Waals surface area contributed by atoms with Crippen LogP contribution in [0.2, 0.25) is 0 Å². The number of aromatic nitrogens is 4. The minimum atomic E-state index is -0.119. The Morgan fingerprint density at radius 1 is 1.25 bits per heavy atom. The maximum Gasteiger partial charge on any atom is 0.247 e. The van der Waals surface area contributed by atoms with Gasteiger partial charge in [0, 0.05) is 42.4 Å². The van der Waals surface area contributed by atoms with Gasteiger partial charge in [-0.05, 0) is 48.8 Å². The van der Waals surface area contributed by atoms with E-state index < -0.39 is 0 Å². The van der Waals surface area contributed by atoms with Gasteiger partial charge in [0.1, 0.15) is 0 Å². The van der Waals surface area contributed by atoms with E-state index >= 15 is 0 Å². The Bertz CT molecular complexity index is 997. The number of aromatic amines is 1. The summed E-state index contributed by atoms with van der Waals surface area (Å²) in [6, 6.07) is 5.56. The standard InChI is InChI=1S/C20H23N5O2S/c26-18-6-5-14(11-21-18)19-22-23-20(25(19)13-16-3-2-9-27-16)24-8-1-4-17-15(12-24)7-10-28-17/h5-7,10-11,16H,1-4,8-9,12-13H2,(H,21,26). The SMILES string of the molecule is O=c1ccc(-c2nnc(N3CCCc4sccc4C3)n2CC2CCCO2)c[nH]1. The molecule has 0 saturated carbocycles. The monoisotopic (exact) mass is 397 g/mol. The minimum Gasteiger partial charge on any atom is -0.376 e. The molecule has 2 aliphatic rings. The summed E-state index contributed by atoms with van der Waals surface area (Å²) in [6.07, 6.45) is 6.27. The maximum absolute atomic E-state index is 11.5. The molecule has 2 aliphatic heterocycles. The first kappa shape index (κ1) is 17.6. The van der Waals surface area contributed by atoms with Gasteiger partial charge in [0.2, 0.25) is 11.5 Å². The van der Waals surface area contributed by atoms with Crippen molar-refractivity contribution in [2.75, 3.05) is 18.1 Å². The molecular formula is C20H23N5O2S. The average Bonchev–Trinajstić information content (AvgIpc) is 3.43. The Kier molecular flexibility index (Phi) is 4.74. The van der Waals surface area contributed by atoms with E-state index in [9.17, 15) is 4.79 Å². The van der Waals surface area contributed by atoms with Crippen molar-refractivity contribution in [1.82, 2.24) is 19.7 Å². The van der Waals surface area contributed by atoms with Crippen molar-refractivity contribution in [3.05, 3.63) is 50.6 Å². The molecule has 0 bridgehead atoms. The molecule has 0 aliphatic carbocycles. The molecule has 3 aromatic heterocycles. The van der Waals surface area contributed by atoms with E-state index in [2.05, 4.69) is 36.1 Å². The van der Waals surface area contributed by atoms with Crippen LogP contribution >= 0.6 is 11.3 Å². The summed E-state index contributed by atoms with van der Waals surface area (Å²) < 4.78 is 8.06. The van der Waals surface area contributed by atoms with Crippen molar-refractivity contribution in [1.29, 1.82) is 0 Å². The number of H-pyrrole nitrogens is 1. The molecule has 146 valence electrons. The third-order valence-corrected chi connectivity index (χ3v) is 6.52. The van der Waals surface area contributed by atoms with Gasteiger partial charge in [-0.1, -0.05) is 0 Å². The number of rotatable bonds is 4. The molecule has 5 rings (SSSR count). The van der Waals surface area contributed by atoms with Gasteiger partial charge in [-0.3, -0.25) is 9.36 Å². The minimum absolute atomic E-state index is 0.119. The largest absolute Gasteiger partial charge is 0.376 e. The summed E-state index contributed by atoms with van der Waals surface area (Å²) in [7, 11) is 0. The highest BCUT2D eigenvalue weighted by Gasteiger charge is 2.26. The number of anilines is 1. The summed E-state index contributed by atoms with van der Waals surface area (Å²) in [5.41, 5.74) is 2.13. The Hall–Kier alpha value is -2.45. The van der Waals surface area contributed by atoms with Gasteiger partial charge >= 0.3 is 0 Å². The second-order valence-electron chi connectivity index (χ2n) is 7.40. The van der Waals surface area contributed by atoms with E-state index in [4.69, 9.17) is 4.74 Å². The Morgan fingerprint density at radius 2 is 2.21 bits per heavy atom. The van der Waals surface area contributed by atoms with E-state index in [0.717, 1.165) is 69.3 Å². The quantitative estimate of drug-likeness (QED) is 0.733. The first-order valence-corrected chi connectivity index (χ1v) is 10.7. The van der Waals surface area contributed by atoms with E-state index in [0.29, 0.717) is 0 Å². The zero-order valence-corrected chi connectivity index (χ0v) is 16.5. The van der Waals surface area contributed by atoms with Crippen molar-refractivity contribution in [3.63, 3.8) is 0 Å². The summed E-state index contributed by atoms with van der Waals surface area (Å²) in [6.45, 7) is 3.35. The molecule has 28 heavy (non-hydrogen) atoms. The van der Waals surface area contributed by atoms with Gasteiger partial charge in [-0.2, -0.15) is 0 Å². The molecule has 0 radical (unpaired) electrons. The van der Waals surface area contributed by atoms with Gasteiger partial charge < -0.3 is 14.6 Å². The van der Waals surface area contributed by atoms with E-state index in [1.54, 1.807) is 12.3 Å². The number of thiophene rings is 1. The van der Waals surface area contributed by atoms with Gasteiger partial charge in [0.05, 0.1) is 12.6 Å². The van der Waals surface area contributed by atoms with Crippen molar-refractivity contribution < 1.29 is 4.74 Å². The number of fused-ring (bicyclic) bond motifs is 1. The lowest BCUT2D eigenvalue weighted by Crippen LogP contribution is -2.28. The molecule has 1 unspecified atom stereocenters. The lowest BCUT2D eigenvalue weighted by atomic mass is 10.2. The summed E-state index contributed by atoms with van der Waals surface area (Å²) >= 11 is 1.85. The van der Waals surface area contributed by atoms with Crippen LogP contribution in [0, 0.1) is 0 Å². The van der Waals surface area contributed by atoms with Crippen LogP contribution in [-0.2, 0) is 24.2 Å². The molecule has 1 atom stereocenters. The van der Waals surface area contributed by atoms with Gasteiger partial charge in [-0.15, -0.1) is 21.5 Å². The van der Waals surface area contributed by atoms with Crippen molar-refractivity contribution in [2.24, 2.45) is 0 Å². The predicted octanol–water partition coefficient (Wildman–Crippen LogP) is 2.83. The molecule has 1 N–H and O–H groups in total. The molecule has 1 saturated heterocycles. The Morgan fingerprint density at radius 3 is 3.04 bits per heavy atom. The lowest BCUT2D eigenvalue weighted by molar-refractivity contribution is 0.0975. The highest BCUT2D eigenvalue weighted by Crippen LogP contribution is 2.29. The van der Waals surface area contributed by atoms with Crippen molar-refractivity contribution in [3.8, 4) is 11.4 Å². The highest BCUT2D eigenvalue weighted by atomic mass is 32.1. The summed E-state index contributed by atoms with van der Waals surface area (Å²) in [5.74, 6) is 1.66. The van der Waals surface area contributed by atoms with Crippen LogP contribution in [0.25, 0.3) is 11.4 Å². The van der Waals surface area contributed by atoms with Crippen LogP contribution in [0.15, 0.2) is 34.6 Å². The van der Waals surface area contributed by atoms with Crippen LogP contribution in [0.1, 0.15) is 29.7 Å². The normalized spacial score (nSPS) is 19.6. The zero-order chi connectivity index (χ0) is 18.9. The molecule has 3 aromatic rings. The molecule has 7 nitrogen and oxygen atoms in total. The fourth-order valence-corrected chi connectivity index (χ4v) is 5.01. The van der Waals surface area contributed by atoms with E-state index in [1.165, 1.54) is 16.5 Å². The molecule has 5 heterocycles. The number of nitrogens with zero attached hydrogens (tertiary/aromatic N) is 4. The number of hydrogen-bond acceptors (Lipinski definition) is 6. The Labute approximate surface area is 167 Å². The van der Waals surface area contributed by atoms with Crippen LogP contribution in [0.4, 0.5) is 5.95 Å². The highest BCUT2D eigenvalue weighted by molar-refractivity contribution is 7.10. The topological polar surface area (TPSA) is 76.0 Å². The third-order valence-electron chi connectivity index (χ3n) is 5.50. The first-order valence-electron chi connectivity index (χ1n) is 9.82. The van der Waals surface area contributed by atoms with Crippen LogP contribution in [-0.4, -0.2) is 39.0 Å². The fourth-order valence-electron chi connectivity index (χ4n) is 4.07. The molecular weight excluding hydrogens is 374 g/mol. The number of hydrogen-bond donors (Lipinski definition) is 1. The van der Waals surface area contributed by atoms with Gasteiger partial charge in [0.25, 0.3) is 0 Å². The summed E-state index contributed by atoms with van der Waals surface area (Å²) in [5, 5.41) is 11.3. The van der Waals surface area contributed by atoms with Crippen LogP contribution in [0.5, 0.6) is 0 Å². The number of aryl methyl sites for hydroxylation is 1. The van der Waals surface area contributed by atoms with Crippen molar-refractivity contribution in [2.45, 2.75) is 44.9 Å². The van der Waals surface area contributed by atoms with Crippen molar-refractivity contribution >= 4 is 17.3 Å². The summed E-state index contributed by atoms with van der Waals surface area (Å²) in [4.78, 5) is 18.0. The fraction of sp³-hybridized carbons (Fsp3) is 0.450. The maximum atomic E-state index is 11.5. The number of ether oxygens (including phenoxy) is 1. The third kappa shape index (κ3) is 3.38. The number of pyridine rings is 1. The molecule has 8 heteroatoms. The van der Waals surface area contributed by atoms with Gasteiger partial charge in [-0.25, -0.2) is 0 Å². The Balaban J connectivity index is 1.53. The molecule has 0 spiro atoms. The second kappa shape index (κ2) is 7.52. The van der Waals surface area contributed by atoms with E-state index in [-0.39, 0.29) is 11.7 Å². The first-order chi connectivity index (χ1) is 13.8. The van der Waals surface area contributed by atoms with Crippen LogP contribution in [0.3, 0.4) is 0 Å². The predicted molar refractivity (Wildman–Crippen MR) is 109 cm³/mol. The molecule has 0 aromatic carbocycles. The average molecular weight is 398 g/mol. The lowest BCUT2D eigenvalue weighted by Gasteiger charge is -2.24.